The largest absolute Gasteiger partial charge is 0.310 e. The molecule has 100 valence electrons. The second kappa shape index (κ2) is 7.46. The van der Waals surface area contributed by atoms with Crippen molar-refractivity contribution in [1.29, 1.82) is 0 Å². The zero-order chi connectivity index (χ0) is 13.5. The predicted molar refractivity (Wildman–Crippen MR) is 85.3 cm³/mol. The van der Waals surface area contributed by atoms with Crippen LogP contribution in [0.3, 0.4) is 0 Å². The van der Waals surface area contributed by atoms with Gasteiger partial charge in [-0.05, 0) is 49.6 Å². The van der Waals surface area contributed by atoms with Gasteiger partial charge in [0.25, 0.3) is 0 Å². The van der Waals surface area contributed by atoms with Crippen molar-refractivity contribution in [1.82, 2.24) is 5.32 Å². The van der Waals surface area contributed by atoms with E-state index in [1.165, 1.54) is 17.5 Å². The highest BCUT2D eigenvalue weighted by molar-refractivity contribution is 9.10. The summed E-state index contributed by atoms with van der Waals surface area (Å²) in [7, 11) is 0. The number of hydrogen-bond acceptors (Lipinski definition) is 1. The lowest BCUT2D eigenvalue weighted by molar-refractivity contribution is 0.558. The molecule has 2 heteroatoms. The summed E-state index contributed by atoms with van der Waals surface area (Å²) >= 11 is 3.52. The first-order valence-corrected chi connectivity index (χ1v) is 7.58. The topological polar surface area (TPSA) is 12.0 Å². The van der Waals surface area contributed by atoms with Crippen LogP contribution in [0.4, 0.5) is 0 Å². The molecule has 2 aromatic rings. The Kier molecular flexibility index (Phi) is 5.62. The highest BCUT2D eigenvalue weighted by Gasteiger charge is 2.04. The average molecular weight is 318 g/mol. The van der Waals surface area contributed by atoms with E-state index in [0.29, 0.717) is 6.04 Å². The minimum atomic E-state index is 0.397. The van der Waals surface area contributed by atoms with Crippen LogP contribution >= 0.6 is 15.9 Å². The molecule has 0 aliphatic rings. The summed E-state index contributed by atoms with van der Waals surface area (Å²) < 4.78 is 1.14. The highest BCUT2D eigenvalue weighted by Crippen LogP contribution is 2.17. The first-order chi connectivity index (χ1) is 9.25. The number of nitrogens with one attached hydrogen (secondary N) is 1. The summed E-state index contributed by atoms with van der Waals surface area (Å²) in [6.07, 6.45) is 2.31. The maximum absolute atomic E-state index is 3.58. The third-order valence-corrected chi connectivity index (χ3v) is 3.78. The van der Waals surface area contributed by atoms with Crippen LogP contribution in [0.5, 0.6) is 0 Å². The Hall–Kier alpha value is -1.12. The number of aryl methyl sites for hydroxylation is 1. The first kappa shape index (κ1) is 14.3. The van der Waals surface area contributed by atoms with E-state index in [-0.39, 0.29) is 0 Å². The molecule has 1 atom stereocenters. The monoisotopic (exact) mass is 317 g/mol. The van der Waals surface area contributed by atoms with Gasteiger partial charge in [-0.1, -0.05) is 58.4 Å². The van der Waals surface area contributed by atoms with Crippen LogP contribution in [0.1, 0.15) is 30.5 Å². The van der Waals surface area contributed by atoms with E-state index in [4.69, 9.17) is 0 Å². The highest BCUT2D eigenvalue weighted by atomic mass is 79.9. The van der Waals surface area contributed by atoms with Crippen LogP contribution < -0.4 is 5.32 Å². The molecule has 0 aliphatic heterocycles. The molecule has 0 heterocycles. The van der Waals surface area contributed by atoms with Gasteiger partial charge in [0.15, 0.2) is 0 Å². The molecule has 0 unspecified atom stereocenters. The summed E-state index contributed by atoms with van der Waals surface area (Å²) in [5.74, 6) is 0. The Morgan fingerprint density at radius 3 is 2.58 bits per heavy atom. The van der Waals surface area contributed by atoms with E-state index >= 15 is 0 Å². The quantitative estimate of drug-likeness (QED) is 0.759. The number of hydrogen-bond donors (Lipinski definition) is 1. The molecule has 1 N–H and O–H groups in total. The molecular weight excluding hydrogens is 298 g/mol. The molecule has 0 spiro atoms. The summed E-state index contributed by atoms with van der Waals surface area (Å²) in [6, 6.07) is 19.5. The third-order valence-electron chi connectivity index (χ3n) is 3.28. The summed E-state index contributed by atoms with van der Waals surface area (Å²) in [4.78, 5) is 0. The van der Waals surface area contributed by atoms with Crippen LogP contribution in [0, 0.1) is 0 Å². The Balaban J connectivity index is 1.74. The fourth-order valence-electron chi connectivity index (χ4n) is 2.15. The van der Waals surface area contributed by atoms with E-state index in [1.54, 1.807) is 0 Å². The second-order valence-electron chi connectivity index (χ2n) is 4.82. The molecule has 0 saturated heterocycles. The number of benzene rings is 2. The minimum Gasteiger partial charge on any atom is -0.310 e. The molecular formula is C17H20BrN. The van der Waals surface area contributed by atoms with Crippen LogP contribution in [0.25, 0.3) is 0 Å². The van der Waals surface area contributed by atoms with E-state index in [9.17, 15) is 0 Å². The summed E-state index contributed by atoms with van der Waals surface area (Å²) in [6.45, 7) is 3.26. The van der Waals surface area contributed by atoms with Gasteiger partial charge in [-0.25, -0.2) is 0 Å². The van der Waals surface area contributed by atoms with Crippen molar-refractivity contribution < 1.29 is 0 Å². The van der Waals surface area contributed by atoms with Gasteiger partial charge >= 0.3 is 0 Å². The Morgan fingerprint density at radius 2 is 1.84 bits per heavy atom. The van der Waals surface area contributed by atoms with Crippen molar-refractivity contribution in [2.45, 2.75) is 25.8 Å². The van der Waals surface area contributed by atoms with Gasteiger partial charge in [-0.3, -0.25) is 0 Å². The van der Waals surface area contributed by atoms with Crippen LogP contribution in [-0.4, -0.2) is 6.54 Å². The van der Waals surface area contributed by atoms with Gasteiger partial charge in [0.2, 0.25) is 0 Å². The summed E-state index contributed by atoms with van der Waals surface area (Å²) in [5.41, 5.74) is 2.74. The van der Waals surface area contributed by atoms with Gasteiger partial charge < -0.3 is 5.32 Å². The van der Waals surface area contributed by atoms with Crippen molar-refractivity contribution in [2.75, 3.05) is 6.54 Å². The lowest BCUT2D eigenvalue weighted by atomic mass is 10.1. The maximum atomic E-state index is 3.58. The van der Waals surface area contributed by atoms with Crippen LogP contribution in [0.15, 0.2) is 59.1 Å². The van der Waals surface area contributed by atoms with Gasteiger partial charge in [0.05, 0.1) is 0 Å². The van der Waals surface area contributed by atoms with E-state index in [1.807, 2.05) is 0 Å². The predicted octanol–water partition coefficient (Wildman–Crippen LogP) is 4.73. The smallest absolute Gasteiger partial charge is 0.0292 e. The van der Waals surface area contributed by atoms with Crippen molar-refractivity contribution in [3.63, 3.8) is 0 Å². The molecule has 2 aromatic carbocycles. The van der Waals surface area contributed by atoms with Gasteiger partial charge in [-0.15, -0.1) is 0 Å². The molecule has 19 heavy (non-hydrogen) atoms. The van der Waals surface area contributed by atoms with Gasteiger partial charge in [0, 0.05) is 10.5 Å². The van der Waals surface area contributed by atoms with Crippen molar-refractivity contribution in [2.24, 2.45) is 0 Å². The van der Waals surface area contributed by atoms with E-state index in [0.717, 1.165) is 17.4 Å². The third kappa shape index (κ3) is 4.81. The van der Waals surface area contributed by atoms with Gasteiger partial charge in [-0.2, -0.15) is 0 Å². The van der Waals surface area contributed by atoms with E-state index in [2.05, 4.69) is 82.8 Å². The van der Waals surface area contributed by atoms with Crippen LogP contribution in [-0.2, 0) is 6.42 Å². The second-order valence-corrected chi connectivity index (χ2v) is 5.74. The first-order valence-electron chi connectivity index (χ1n) is 6.78. The Morgan fingerprint density at radius 1 is 1.05 bits per heavy atom. The Labute approximate surface area is 124 Å². The zero-order valence-electron chi connectivity index (χ0n) is 11.3. The fraction of sp³-hybridized carbons (Fsp3) is 0.294. The van der Waals surface area contributed by atoms with Crippen LogP contribution in [0.2, 0.25) is 0 Å². The summed E-state index contributed by atoms with van der Waals surface area (Å²) in [5, 5.41) is 3.58. The normalized spacial score (nSPS) is 12.3. The van der Waals surface area contributed by atoms with Crippen molar-refractivity contribution in [3.8, 4) is 0 Å². The maximum Gasteiger partial charge on any atom is 0.0292 e. The van der Waals surface area contributed by atoms with Gasteiger partial charge in [0.1, 0.15) is 0 Å². The zero-order valence-corrected chi connectivity index (χ0v) is 12.9. The van der Waals surface area contributed by atoms with Crippen molar-refractivity contribution in [3.05, 3.63) is 70.2 Å². The average Bonchev–Trinajstić information content (AvgIpc) is 2.44. The lowest BCUT2D eigenvalue weighted by Gasteiger charge is -2.14. The molecule has 0 fully saturated rings. The van der Waals surface area contributed by atoms with Crippen molar-refractivity contribution >= 4 is 15.9 Å². The molecule has 0 amide bonds. The molecule has 0 aromatic heterocycles. The number of rotatable bonds is 6. The van der Waals surface area contributed by atoms with E-state index < -0.39 is 0 Å². The lowest BCUT2D eigenvalue weighted by Crippen LogP contribution is -2.20. The molecule has 0 saturated carbocycles. The standard InChI is InChI=1S/C17H20BrN/c1-14(16-10-5-11-17(18)13-16)19-12-6-9-15-7-3-2-4-8-15/h2-5,7-8,10-11,13-14,19H,6,9,12H2,1H3/t14-/m1/s1. The molecule has 0 radical (unpaired) electrons. The number of halogens is 1. The molecule has 2 rings (SSSR count). The fourth-order valence-corrected chi connectivity index (χ4v) is 2.57. The molecule has 1 nitrogen and oxygen atoms in total. The minimum absolute atomic E-state index is 0.397. The Bertz CT molecular complexity index is 496. The SMILES string of the molecule is C[C@@H](NCCCc1ccccc1)c1cccc(Br)c1. The molecule has 0 aliphatic carbocycles. The molecule has 0 bridgehead atoms.